The molecule has 0 aliphatic carbocycles. The highest BCUT2D eigenvalue weighted by molar-refractivity contribution is 5.94. The van der Waals surface area contributed by atoms with Crippen molar-refractivity contribution in [2.75, 3.05) is 31.1 Å². The second-order valence-corrected chi connectivity index (χ2v) is 9.43. The minimum absolute atomic E-state index is 0.215. The molecular formula is C24H26FN7O2. The van der Waals surface area contributed by atoms with Gasteiger partial charge >= 0.3 is 0 Å². The maximum absolute atomic E-state index is 14.9. The first-order valence-corrected chi connectivity index (χ1v) is 11.2. The number of benzene rings is 1. The fraction of sp³-hybridized carbons (Fsp3) is 0.375. The fourth-order valence-corrected chi connectivity index (χ4v) is 3.86. The van der Waals surface area contributed by atoms with Crippen LogP contribution in [0.5, 0.6) is 0 Å². The first-order valence-electron chi connectivity index (χ1n) is 11.2. The Balaban J connectivity index is 1.27. The number of aromatic nitrogens is 5. The summed E-state index contributed by atoms with van der Waals surface area (Å²) in [7, 11) is 0. The van der Waals surface area contributed by atoms with E-state index >= 15 is 0 Å². The minimum Gasteiger partial charge on any atom is -0.422 e. The number of piperazine rings is 1. The van der Waals surface area contributed by atoms with Gasteiger partial charge in [-0.3, -0.25) is 4.79 Å². The molecule has 176 valence electrons. The van der Waals surface area contributed by atoms with E-state index in [9.17, 15) is 9.18 Å². The summed E-state index contributed by atoms with van der Waals surface area (Å²) >= 11 is 0. The fourth-order valence-electron chi connectivity index (χ4n) is 3.86. The third-order valence-electron chi connectivity index (χ3n) is 5.85. The van der Waals surface area contributed by atoms with Gasteiger partial charge in [0.15, 0.2) is 11.4 Å². The van der Waals surface area contributed by atoms with Gasteiger partial charge in [0, 0.05) is 37.4 Å². The van der Waals surface area contributed by atoms with Crippen molar-refractivity contribution >= 4 is 23.2 Å². The number of oxazole rings is 1. The number of fused-ring (bicyclic) bond motifs is 1. The predicted octanol–water partition coefficient (Wildman–Crippen LogP) is 3.65. The molecule has 0 radical (unpaired) electrons. The normalized spacial score (nSPS) is 14.7. The summed E-state index contributed by atoms with van der Waals surface area (Å²) in [6.45, 7) is 9.96. The van der Waals surface area contributed by atoms with E-state index in [-0.39, 0.29) is 17.0 Å². The van der Waals surface area contributed by atoms with E-state index in [1.165, 1.54) is 6.07 Å². The Morgan fingerprint density at radius 2 is 1.82 bits per heavy atom. The lowest BCUT2D eigenvalue weighted by Gasteiger charge is -2.33. The van der Waals surface area contributed by atoms with E-state index < -0.39 is 5.82 Å². The van der Waals surface area contributed by atoms with E-state index in [1.807, 2.05) is 44.7 Å². The number of carbonyl (C=O) groups excluding carboxylic acids is 1. The Morgan fingerprint density at radius 3 is 2.50 bits per heavy atom. The predicted molar refractivity (Wildman–Crippen MR) is 125 cm³/mol. The van der Waals surface area contributed by atoms with Gasteiger partial charge in [-0.05, 0) is 58.0 Å². The highest BCUT2D eigenvalue weighted by Crippen LogP contribution is 2.25. The standard InChI is InChI=1S/C24H26FN7O2/c1-15-5-8-19-21(27-15)28-23(34-19)31-11-9-30(10-12-31)22(33)16-6-7-17(18(25)13-16)20-26-14-32(29-20)24(2,3)4/h5-8,13-14H,9-12H2,1-4H3. The highest BCUT2D eigenvalue weighted by Gasteiger charge is 2.26. The number of halogens is 1. The maximum Gasteiger partial charge on any atom is 0.300 e. The summed E-state index contributed by atoms with van der Waals surface area (Å²) in [6.07, 6.45) is 1.58. The molecule has 1 aromatic carbocycles. The van der Waals surface area contributed by atoms with Crippen molar-refractivity contribution in [2.24, 2.45) is 0 Å². The molecule has 0 unspecified atom stereocenters. The Hall–Kier alpha value is -3.82. The minimum atomic E-state index is -0.523. The molecule has 9 nitrogen and oxygen atoms in total. The summed E-state index contributed by atoms with van der Waals surface area (Å²) in [4.78, 5) is 29.8. The number of pyridine rings is 1. The van der Waals surface area contributed by atoms with Gasteiger partial charge in [-0.15, -0.1) is 0 Å². The molecule has 0 N–H and O–H groups in total. The van der Waals surface area contributed by atoms with Crippen LogP contribution in [-0.2, 0) is 5.54 Å². The number of anilines is 1. The summed E-state index contributed by atoms with van der Waals surface area (Å²) in [5.74, 6) is -0.443. The second-order valence-electron chi connectivity index (χ2n) is 9.43. The van der Waals surface area contributed by atoms with E-state index in [2.05, 4.69) is 20.1 Å². The van der Waals surface area contributed by atoms with Crippen LogP contribution in [0.2, 0.25) is 0 Å². The van der Waals surface area contributed by atoms with E-state index in [0.717, 1.165) is 5.69 Å². The number of rotatable bonds is 3. The van der Waals surface area contributed by atoms with Crippen LogP contribution in [0.1, 0.15) is 36.8 Å². The topological polar surface area (TPSA) is 93.2 Å². The van der Waals surface area contributed by atoms with Crippen molar-refractivity contribution < 1.29 is 13.6 Å². The van der Waals surface area contributed by atoms with Gasteiger partial charge in [0.25, 0.3) is 11.9 Å². The molecule has 1 aliphatic heterocycles. The van der Waals surface area contributed by atoms with Crippen molar-refractivity contribution in [3.8, 4) is 11.4 Å². The van der Waals surface area contributed by atoms with Crippen molar-refractivity contribution in [1.82, 2.24) is 29.6 Å². The molecule has 1 fully saturated rings. The lowest BCUT2D eigenvalue weighted by molar-refractivity contribution is 0.0744. The largest absolute Gasteiger partial charge is 0.422 e. The number of aryl methyl sites for hydroxylation is 1. The van der Waals surface area contributed by atoms with Gasteiger partial charge in [0.2, 0.25) is 5.65 Å². The maximum atomic E-state index is 14.9. The zero-order valence-electron chi connectivity index (χ0n) is 19.6. The molecule has 0 spiro atoms. The number of nitrogens with zero attached hydrogens (tertiary/aromatic N) is 7. The van der Waals surface area contributed by atoms with Crippen LogP contribution in [0, 0.1) is 12.7 Å². The highest BCUT2D eigenvalue weighted by atomic mass is 19.1. The van der Waals surface area contributed by atoms with Crippen LogP contribution in [0.4, 0.5) is 10.4 Å². The first-order chi connectivity index (χ1) is 16.2. The molecule has 0 saturated carbocycles. The van der Waals surface area contributed by atoms with Gasteiger partial charge in [-0.2, -0.15) is 10.1 Å². The number of carbonyl (C=O) groups is 1. The molecule has 3 aromatic heterocycles. The monoisotopic (exact) mass is 463 g/mol. The van der Waals surface area contributed by atoms with Crippen molar-refractivity contribution in [3.05, 3.63) is 53.7 Å². The van der Waals surface area contributed by atoms with Crippen LogP contribution in [0.15, 0.2) is 41.1 Å². The smallest absolute Gasteiger partial charge is 0.300 e. The molecular weight excluding hydrogens is 437 g/mol. The molecule has 5 rings (SSSR count). The lowest BCUT2D eigenvalue weighted by atomic mass is 10.1. The molecule has 34 heavy (non-hydrogen) atoms. The number of hydrogen-bond donors (Lipinski definition) is 0. The quantitative estimate of drug-likeness (QED) is 0.458. The van der Waals surface area contributed by atoms with Crippen LogP contribution in [0.3, 0.4) is 0 Å². The van der Waals surface area contributed by atoms with Gasteiger partial charge in [-0.1, -0.05) is 0 Å². The number of hydrogen-bond acceptors (Lipinski definition) is 7. The summed E-state index contributed by atoms with van der Waals surface area (Å²) in [5.41, 5.74) is 2.39. The van der Waals surface area contributed by atoms with E-state index in [1.54, 1.807) is 28.0 Å². The van der Waals surface area contributed by atoms with Crippen molar-refractivity contribution in [2.45, 2.75) is 33.2 Å². The molecule has 1 saturated heterocycles. The molecule has 0 atom stereocenters. The average Bonchev–Trinajstić information content (AvgIpc) is 3.46. The van der Waals surface area contributed by atoms with Gasteiger partial charge in [-0.25, -0.2) is 19.0 Å². The Bertz CT molecular complexity index is 1360. The Kier molecular flexibility index (Phi) is 5.30. The Labute approximate surface area is 196 Å². The van der Waals surface area contributed by atoms with Crippen LogP contribution in [0.25, 0.3) is 22.6 Å². The van der Waals surface area contributed by atoms with Crippen molar-refractivity contribution in [1.29, 1.82) is 0 Å². The molecule has 4 heterocycles. The SMILES string of the molecule is Cc1ccc2oc(N3CCN(C(=O)c4ccc(-c5ncn(C(C)(C)C)n5)c(F)c4)CC3)nc2n1. The van der Waals surface area contributed by atoms with Crippen molar-refractivity contribution in [3.63, 3.8) is 0 Å². The van der Waals surface area contributed by atoms with Crippen LogP contribution in [-0.4, -0.2) is 61.7 Å². The van der Waals surface area contributed by atoms with E-state index in [4.69, 9.17) is 4.42 Å². The van der Waals surface area contributed by atoms with Gasteiger partial charge in [0.1, 0.15) is 12.1 Å². The first kappa shape index (κ1) is 22.0. The van der Waals surface area contributed by atoms with Crippen LogP contribution < -0.4 is 4.90 Å². The number of amides is 1. The van der Waals surface area contributed by atoms with Gasteiger partial charge in [0.05, 0.1) is 11.1 Å². The van der Waals surface area contributed by atoms with Crippen LogP contribution >= 0.6 is 0 Å². The molecule has 1 aliphatic rings. The summed E-state index contributed by atoms with van der Waals surface area (Å²) < 4.78 is 22.4. The molecule has 0 bridgehead atoms. The average molecular weight is 464 g/mol. The van der Waals surface area contributed by atoms with E-state index in [0.29, 0.717) is 54.8 Å². The zero-order chi connectivity index (χ0) is 24.0. The molecule has 1 amide bonds. The third kappa shape index (κ3) is 4.11. The molecule has 10 heteroatoms. The molecule has 4 aromatic rings. The summed E-state index contributed by atoms with van der Waals surface area (Å²) in [5, 5.41) is 4.38. The van der Waals surface area contributed by atoms with Gasteiger partial charge < -0.3 is 14.2 Å². The Morgan fingerprint density at radius 1 is 1.06 bits per heavy atom. The second kappa shape index (κ2) is 8.19. The zero-order valence-corrected chi connectivity index (χ0v) is 19.6. The third-order valence-corrected chi connectivity index (χ3v) is 5.85. The summed E-state index contributed by atoms with van der Waals surface area (Å²) in [6, 6.07) is 8.68. The lowest BCUT2D eigenvalue weighted by Crippen LogP contribution is -2.49.